The van der Waals surface area contributed by atoms with E-state index in [0.717, 1.165) is 14.8 Å². The summed E-state index contributed by atoms with van der Waals surface area (Å²) in [5, 5.41) is 11.1. The average Bonchev–Trinajstić information content (AvgIpc) is 2.19. The topological polar surface area (TPSA) is 66.4 Å². The van der Waals surface area contributed by atoms with Gasteiger partial charge in [-0.25, -0.2) is 0 Å². The third-order valence-corrected chi connectivity index (χ3v) is 2.70. The highest BCUT2D eigenvalue weighted by molar-refractivity contribution is 14.1. The first kappa shape index (κ1) is 13.0. The van der Waals surface area contributed by atoms with Crippen LogP contribution < -0.4 is 5.32 Å². The fourth-order valence-corrected chi connectivity index (χ4v) is 1.85. The maximum atomic E-state index is 11.4. The van der Waals surface area contributed by atoms with E-state index in [0.29, 0.717) is 0 Å². The van der Waals surface area contributed by atoms with Crippen LogP contribution in [0, 0.1) is 10.5 Å². The van der Waals surface area contributed by atoms with Crippen LogP contribution in [0.3, 0.4) is 0 Å². The summed E-state index contributed by atoms with van der Waals surface area (Å²) in [6.45, 7) is 1.90. The predicted octanol–water partition coefficient (Wildman–Crippen LogP) is 2.40. The Balaban J connectivity index is 2.59. The van der Waals surface area contributed by atoms with E-state index in [9.17, 15) is 9.59 Å². The van der Waals surface area contributed by atoms with Crippen LogP contribution in [0.5, 0.6) is 0 Å². The number of rotatable bonds is 4. The van der Waals surface area contributed by atoms with Crippen molar-refractivity contribution in [3.8, 4) is 0 Å². The molecule has 4 nitrogen and oxygen atoms in total. The van der Waals surface area contributed by atoms with Crippen molar-refractivity contribution >= 4 is 40.2 Å². The Morgan fingerprint density at radius 1 is 1.38 bits per heavy atom. The molecule has 1 aromatic carbocycles. The van der Waals surface area contributed by atoms with Gasteiger partial charge in [0, 0.05) is 15.7 Å². The summed E-state index contributed by atoms with van der Waals surface area (Å²) in [7, 11) is 0. The van der Waals surface area contributed by atoms with Crippen LogP contribution in [0.2, 0.25) is 0 Å². The molecule has 0 bridgehead atoms. The lowest BCUT2D eigenvalue weighted by Gasteiger charge is -2.07. The lowest BCUT2D eigenvalue weighted by atomic mass is 10.2. The molecule has 86 valence electrons. The van der Waals surface area contributed by atoms with Gasteiger partial charge in [-0.05, 0) is 53.3 Å². The van der Waals surface area contributed by atoms with Crippen LogP contribution >= 0.6 is 22.6 Å². The molecule has 0 spiro atoms. The van der Waals surface area contributed by atoms with Gasteiger partial charge in [0.05, 0.1) is 6.42 Å². The molecular weight excluding hydrogens is 321 g/mol. The molecule has 5 heteroatoms. The van der Waals surface area contributed by atoms with Crippen molar-refractivity contribution in [3.05, 3.63) is 27.3 Å². The Labute approximate surface area is 107 Å². The van der Waals surface area contributed by atoms with E-state index in [2.05, 4.69) is 27.9 Å². The van der Waals surface area contributed by atoms with Gasteiger partial charge in [-0.15, -0.1) is 0 Å². The van der Waals surface area contributed by atoms with Crippen molar-refractivity contribution in [1.82, 2.24) is 0 Å². The molecule has 2 N–H and O–H groups in total. The number of hydrogen-bond donors (Lipinski definition) is 2. The van der Waals surface area contributed by atoms with Gasteiger partial charge in [-0.1, -0.05) is 0 Å². The molecule has 0 aliphatic carbocycles. The van der Waals surface area contributed by atoms with Crippen molar-refractivity contribution in [2.24, 2.45) is 0 Å². The second kappa shape index (κ2) is 5.83. The Morgan fingerprint density at radius 3 is 2.62 bits per heavy atom. The number of nitrogens with one attached hydrogen (secondary N) is 1. The maximum absolute atomic E-state index is 11.4. The monoisotopic (exact) mass is 333 g/mol. The summed E-state index contributed by atoms with van der Waals surface area (Å²) in [5.74, 6) is -1.24. The number of aliphatic carboxylic acids is 1. The molecule has 0 aliphatic heterocycles. The van der Waals surface area contributed by atoms with E-state index in [1.54, 1.807) is 0 Å². The second-order valence-corrected chi connectivity index (χ2v) is 4.65. The fraction of sp³-hybridized carbons (Fsp3) is 0.273. The zero-order chi connectivity index (χ0) is 12.1. The average molecular weight is 333 g/mol. The van der Waals surface area contributed by atoms with Gasteiger partial charge in [-0.2, -0.15) is 0 Å². The number of carbonyl (C=O) groups excluding carboxylic acids is 1. The Hall–Kier alpha value is -1.11. The summed E-state index contributed by atoms with van der Waals surface area (Å²) < 4.78 is 1.10. The second-order valence-electron chi connectivity index (χ2n) is 3.40. The number of anilines is 1. The number of carbonyl (C=O) groups is 2. The minimum Gasteiger partial charge on any atom is -0.481 e. The summed E-state index contributed by atoms with van der Waals surface area (Å²) in [5.41, 5.74) is 1.70. The van der Waals surface area contributed by atoms with E-state index in [-0.39, 0.29) is 18.7 Å². The Bertz CT molecular complexity index is 418. The van der Waals surface area contributed by atoms with Crippen molar-refractivity contribution in [2.45, 2.75) is 19.8 Å². The van der Waals surface area contributed by atoms with Crippen LogP contribution in [0.1, 0.15) is 18.4 Å². The molecule has 0 aromatic heterocycles. The zero-order valence-corrected chi connectivity index (χ0v) is 10.9. The molecule has 0 atom stereocenters. The van der Waals surface area contributed by atoms with E-state index >= 15 is 0 Å². The highest BCUT2D eigenvalue weighted by Gasteiger charge is 2.07. The van der Waals surface area contributed by atoms with E-state index in [4.69, 9.17) is 5.11 Å². The maximum Gasteiger partial charge on any atom is 0.303 e. The minimum absolute atomic E-state index is 0.000754. The molecule has 16 heavy (non-hydrogen) atoms. The van der Waals surface area contributed by atoms with Crippen molar-refractivity contribution < 1.29 is 14.7 Å². The first-order valence-corrected chi connectivity index (χ1v) is 5.84. The highest BCUT2D eigenvalue weighted by atomic mass is 127. The minimum atomic E-state index is -0.963. The molecule has 0 saturated heterocycles. The first-order chi connectivity index (χ1) is 7.49. The summed E-state index contributed by atoms with van der Waals surface area (Å²) in [4.78, 5) is 21.7. The molecule has 0 aliphatic rings. The molecule has 0 fully saturated rings. The highest BCUT2D eigenvalue weighted by Crippen LogP contribution is 2.17. The van der Waals surface area contributed by atoms with Crippen LogP contribution in [-0.4, -0.2) is 17.0 Å². The van der Waals surface area contributed by atoms with Crippen LogP contribution in [0.4, 0.5) is 5.69 Å². The molecular formula is C11H12INO3. The van der Waals surface area contributed by atoms with Crippen molar-refractivity contribution in [3.63, 3.8) is 0 Å². The summed E-state index contributed by atoms with van der Waals surface area (Å²) >= 11 is 2.19. The molecule has 0 heterocycles. The Kier molecular flexibility index (Phi) is 4.72. The van der Waals surface area contributed by atoms with Gasteiger partial charge in [0.15, 0.2) is 0 Å². The fourth-order valence-electron chi connectivity index (χ4n) is 1.20. The number of carboxylic acids is 1. The van der Waals surface area contributed by atoms with Crippen molar-refractivity contribution in [2.75, 3.05) is 5.32 Å². The predicted molar refractivity (Wildman–Crippen MR) is 69.4 cm³/mol. The van der Waals surface area contributed by atoms with Crippen molar-refractivity contribution in [1.29, 1.82) is 0 Å². The van der Waals surface area contributed by atoms with Crippen LogP contribution in [0.25, 0.3) is 0 Å². The van der Waals surface area contributed by atoms with Gasteiger partial charge in [-0.3, -0.25) is 9.59 Å². The third kappa shape index (κ3) is 4.18. The number of hydrogen-bond acceptors (Lipinski definition) is 2. The third-order valence-electron chi connectivity index (χ3n) is 2.03. The smallest absolute Gasteiger partial charge is 0.303 e. The quantitative estimate of drug-likeness (QED) is 0.832. The van der Waals surface area contributed by atoms with Gasteiger partial charge in [0.1, 0.15) is 0 Å². The molecule has 1 rings (SSSR count). The molecule has 1 aromatic rings. The van der Waals surface area contributed by atoms with Gasteiger partial charge >= 0.3 is 5.97 Å². The van der Waals surface area contributed by atoms with E-state index < -0.39 is 5.97 Å². The lowest BCUT2D eigenvalue weighted by Crippen LogP contribution is -2.13. The number of benzene rings is 1. The van der Waals surface area contributed by atoms with Crippen LogP contribution in [0.15, 0.2) is 18.2 Å². The van der Waals surface area contributed by atoms with Gasteiger partial charge < -0.3 is 10.4 Å². The summed E-state index contributed by atoms with van der Waals surface area (Å²) in [6, 6.07) is 5.66. The number of halogens is 1. The van der Waals surface area contributed by atoms with E-state index in [1.165, 1.54) is 0 Å². The Morgan fingerprint density at radius 2 is 2.06 bits per heavy atom. The number of amides is 1. The largest absolute Gasteiger partial charge is 0.481 e. The summed E-state index contributed by atoms with van der Waals surface area (Å²) in [6.07, 6.45) is -0.143. The SMILES string of the molecule is Cc1cc(I)ccc1NC(=O)CCC(=O)O. The molecule has 0 radical (unpaired) electrons. The number of aryl methyl sites for hydroxylation is 1. The zero-order valence-electron chi connectivity index (χ0n) is 8.79. The normalized spacial score (nSPS) is 9.88. The lowest BCUT2D eigenvalue weighted by molar-refractivity contribution is -0.138. The molecule has 1 amide bonds. The standard InChI is InChI=1S/C11H12INO3/c1-7-6-8(12)2-3-9(7)13-10(14)4-5-11(15)16/h2-3,6H,4-5H2,1H3,(H,13,14)(H,15,16). The van der Waals surface area contributed by atoms with Gasteiger partial charge in [0.2, 0.25) is 5.91 Å². The van der Waals surface area contributed by atoms with Crippen LogP contribution in [-0.2, 0) is 9.59 Å². The first-order valence-electron chi connectivity index (χ1n) is 4.77. The van der Waals surface area contributed by atoms with Gasteiger partial charge in [0.25, 0.3) is 0 Å². The molecule has 0 saturated carbocycles. The molecule has 0 unspecified atom stereocenters. The number of carboxylic acid groups (broad SMARTS) is 1. The van der Waals surface area contributed by atoms with E-state index in [1.807, 2.05) is 25.1 Å².